The molecule has 2 fully saturated rings. The Balaban J connectivity index is 1.24. The van der Waals surface area contributed by atoms with E-state index in [9.17, 15) is 4.79 Å². The van der Waals surface area contributed by atoms with Gasteiger partial charge >= 0.3 is 0 Å². The number of aryl methyl sites for hydroxylation is 2. The molecule has 0 bridgehead atoms. The predicted molar refractivity (Wildman–Crippen MR) is 152 cm³/mol. The van der Waals surface area contributed by atoms with Crippen LogP contribution < -0.4 is 5.32 Å². The van der Waals surface area contributed by atoms with Gasteiger partial charge in [0, 0.05) is 41.7 Å². The number of nitrogens with zero attached hydrogens (tertiary/aromatic N) is 4. The third-order valence-corrected chi connectivity index (χ3v) is 9.65. The molecule has 2 aliphatic heterocycles. The van der Waals surface area contributed by atoms with Gasteiger partial charge in [-0.05, 0) is 75.1 Å². The minimum atomic E-state index is -0.228. The number of ether oxygens (including phenoxy) is 1. The van der Waals surface area contributed by atoms with Crippen LogP contribution in [0.3, 0.4) is 0 Å². The summed E-state index contributed by atoms with van der Waals surface area (Å²) >= 11 is 1.90. The smallest absolute Gasteiger partial charge is 0.242 e. The first-order valence-corrected chi connectivity index (χ1v) is 14.6. The number of nitrogens with one attached hydrogen (secondary N) is 2. The van der Waals surface area contributed by atoms with E-state index in [0.717, 1.165) is 42.7 Å². The highest BCUT2D eigenvalue weighted by molar-refractivity contribution is 7.19. The SMILES string of the molecule is Cc1c(C2CCN(C(=O)[C@@H]3COC(C)(C)CN3)CC2)sc2[nH]c(-c3cc(C)c4ncnn4c3)c(C(C)C)c12. The molecule has 4 aromatic heterocycles. The van der Waals surface area contributed by atoms with E-state index in [1.54, 1.807) is 6.33 Å². The van der Waals surface area contributed by atoms with Crippen LogP contribution in [0.5, 0.6) is 0 Å². The van der Waals surface area contributed by atoms with Gasteiger partial charge in [-0.2, -0.15) is 5.10 Å². The van der Waals surface area contributed by atoms with Crippen LogP contribution in [0, 0.1) is 13.8 Å². The van der Waals surface area contributed by atoms with Gasteiger partial charge in [0.1, 0.15) is 17.2 Å². The van der Waals surface area contributed by atoms with Crippen LogP contribution in [0.15, 0.2) is 18.6 Å². The lowest BCUT2D eigenvalue weighted by molar-refractivity contribution is -0.142. The van der Waals surface area contributed by atoms with E-state index in [2.05, 4.69) is 74.2 Å². The van der Waals surface area contributed by atoms with Crippen molar-refractivity contribution in [3.63, 3.8) is 0 Å². The van der Waals surface area contributed by atoms with Crippen LogP contribution >= 0.6 is 11.3 Å². The minimum Gasteiger partial charge on any atom is -0.372 e. The number of thiophene rings is 1. The molecule has 38 heavy (non-hydrogen) atoms. The fourth-order valence-electron chi connectivity index (χ4n) is 6.20. The first kappa shape index (κ1) is 25.5. The van der Waals surface area contributed by atoms with Crippen LogP contribution in [0.25, 0.3) is 27.1 Å². The number of carbonyl (C=O) groups is 1. The summed E-state index contributed by atoms with van der Waals surface area (Å²) in [4.78, 5) is 26.0. The van der Waals surface area contributed by atoms with Gasteiger partial charge in [-0.15, -0.1) is 11.3 Å². The van der Waals surface area contributed by atoms with Crippen molar-refractivity contribution < 1.29 is 9.53 Å². The summed E-state index contributed by atoms with van der Waals surface area (Å²) in [6.07, 6.45) is 5.69. The standard InChI is InChI=1S/C29H38N6O2S/c1-16(2)22-23-18(4)25(19-7-9-34(10-8-19)28(36)21-13-37-29(5,6)14-30-21)38-27(23)33-24(22)20-11-17(3)26-31-15-32-35(26)12-20/h11-12,15-16,19,21,30,33H,7-10,13-14H2,1-6H3/t21-/m0/s1. The van der Waals surface area contributed by atoms with Crippen LogP contribution in [0.2, 0.25) is 0 Å². The molecule has 202 valence electrons. The average Bonchev–Trinajstić information content (AvgIpc) is 3.59. The first-order valence-electron chi connectivity index (χ1n) is 13.7. The average molecular weight is 535 g/mol. The quantitative estimate of drug-likeness (QED) is 0.378. The number of likely N-dealkylation sites (tertiary alicyclic amines) is 1. The van der Waals surface area contributed by atoms with Crippen molar-refractivity contribution in [1.82, 2.24) is 29.8 Å². The van der Waals surface area contributed by atoms with Gasteiger partial charge in [0.05, 0.1) is 17.9 Å². The number of hydrogen-bond acceptors (Lipinski definition) is 6. The number of rotatable bonds is 4. The van der Waals surface area contributed by atoms with Crippen LogP contribution in [0.1, 0.15) is 73.9 Å². The number of fused-ring (bicyclic) bond motifs is 2. The number of pyridine rings is 1. The van der Waals surface area contributed by atoms with Gasteiger partial charge < -0.3 is 19.9 Å². The van der Waals surface area contributed by atoms with Gasteiger partial charge in [-0.3, -0.25) is 4.79 Å². The molecule has 0 radical (unpaired) electrons. The Kier molecular flexibility index (Phi) is 6.36. The van der Waals surface area contributed by atoms with E-state index in [4.69, 9.17) is 4.74 Å². The van der Waals surface area contributed by atoms with Crippen LogP contribution in [-0.4, -0.2) is 68.3 Å². The lowest BCUT2D eigenvalue weighted by Crippen LogP contribution is -2.58. The highest BCUT2D eigenvalue weighted by Crippen LogP contribution is 2.46. The normalized spacial score (nSPS) is 20.7. The highest BCUT2D eigenvalue weighted by Gasteiger charge is 2.35. The van der Waals surface area contributed by atoms with E-state index in [-0.39, 0.29) is 17.6 Å². The fraction of sp³-hybridized carbons (Fsp3) is 0.552. The maximum absolute atomic E-state index is 13.1. The van der Waals surface area contributed by atoms with Crippen molar-refractivity contribution in [2.75, 3.05) is 26.2 Å². The molecule has 8 nitrogen and oxygen atoms in total. The second-order valence-electron chi connectivity index (χ2n) is 11.9. The molecule has 0 saturated carbocycles. The maximum Gasteiger partial charge on any atom is 0.242 e. The van der Waals surface area contributed by atoms with Gasteiger partial charge in [0.2, 0.25) is 5.91 Å². The number of H-pyrrole nitrogens is 1. The van der Waals surface area contributed by atoms with Crippen molar-refractivity contribution in [3.05, 3.63) is 40.2 Å². The van der Waals surface area contributed by atoms with Crippen molar-refractivity contribution in [2.24, 2.45) is 0 Å². The topological polar surface area (TPSA) is 87.5 Å². The molecule has 2 N–H and O–H groups in total. The molecule has 1 atom stereocenters. The molecule has 2 aliphatic rings. The van der Waals surface area contributed by atoms with Crippen molar-refractivity contribution in [3.8, 4) is 11.3 Å². The Morgan fingerprint density at radius 2 is 2.00 bits per heavy atom. The molecule has 6 heterocycles. The van der Waals surface area contributed by atoms with Crippen LogP contribution in [0.4, 0.5) is 0 Å². The highest BCUT2D eigenvalue weighted by atomic mass is 32.1. The van der Waals surface area contributed by atoms with Crippen molar-refractivity contribution >= 4 is 33.1 Å². The molecule has 4 aromatic rings. The zero-order chi connectivity index (χ0) is 26.8. The molecular weight excluding hydrogens is 496 g/mol. The monoisotopic (exact) mass is 534 g/mol. The van der Waals surface area contributed by atoms with Crippen molar-refractivity contribution in [1.29, 1.82) is 0 Å². The van der Waals surface area contributed by atoms with E-state index in [1.807, 2.05) is 20.8 Å². The lowest BCUT2D eigenvalue weighted by atomic mass is 9.90. The van der Waals surface area contributed by atoms with Gasteiger partial charge in [-0.25, -0.2) is 9.50 Å². The number of aromatic nitrogens is 4. The van der Waals surface area contributed by atoms with E-state index in [1.165, 1.54) is 31.9 Å². The fourth-order valence-corrected chi connectivity index (χ4v) is 7.60. The summed E-state index contributed by atoms with van der Waals surface area (Å²) in [6, 6.07) is 1.98. The van der Waals surface area contributed by atoms with Gasteiger partial charge in [-0.1, -0.05) is 13.8 Å². The zero-order valence-electron chi connectivity index (χ0n) is 23.2. The molecule has 6 rings (SSSR count). The lowest BCUT2D eigenvalue weighted by Gasteiger charge is -2.39. The summed E-state index contributed by atoms with van der Waals surface area (Å²) in [5, 5.41) is 9.15. The van der Waals surface area contributed by atoms with Crippen LogP contribution in [-0.2, 0) is 9.53 Å². The molecule has 9 heteroatoms. The number of morpholine rings is 1. The van der Waals surface area contributed by atoms with Gasteiger partial charge in [0.25, 0.3) is 0 Å². The molecular formula is C29H38N6O2S. The zero-order valence-corrected chi connectivity index (χ0v) is 24.0. The molecule has 0 spiro atoms. The number of piperidine rings is 1. The Bertz CT molecular complexity index is 1490. The molecule has 0 unspecified atom stereocenters. The second-order valence-corrected chi connectivity index (χ2v) is 13.0. The third kappa shape index (κ3) is 4.34. The molecule has 1 amide bonds. The number of amides is 1. The number of hydrogen-bond donors (Lipinski definition) is 2. The second kappa shape index (κ2) is 9.47. The molecule has 2 saturated heterocycles. The third-order valence-electron chi connectivity index (χ3n) is 8.28. The van der Waals surface area contributed by atoms with E-state index < -0.39 is 0 Å². The summed E-state index contributed by atoms with van der Waals surface area (Å²) in [6.45, 7) is 15.8. The van der Waals surface area contributed by atoms with E-state index in [0.29, 0.717) is 25.0 Å². The summed E-state index contributed by atoms with van der Waals surface area (Å²) < 4.78 is 7.76. The van der Waals surface area contributed by atoms with Gasteiger partial charge in [0.15, 0.2) is 5.65 Å². The summed E-state index contributed by atoms with van der Waals surface area (Å²) in [5.74, 6) is 1.04. The Morgan fingerprint density at radius 3 is 2.68 bits per heavy atom. The minimum absolute atomic E-state index is 0.181. The summed E-state index contributed by atoms with van der Waals surface area (Å²) in [7, 11) is 0. The number of aromatic amines is 1. The maximum atomic E-state index is 13.1. The Labute approximate surface area is 227 Å². The van der Waals surface area contributed by atoms with E-state index >= 15 is 0 Å². The largest absolute Gasteiger partial charge is 0.372 e. The predicted octanol–water partition coefficient (Wildman–Crippen LogP) is 5.15. The number of carbonyl (C=O) groups excluding carboxylic acids is 1. The molecule has 0 aromatic carbocycles. The van der Waals surface area contributed by atoms with Crippen molar-refractivity contribution in [2.45, 2.75) is 77.9 Å². The Morgan fingerprint density at radius 1 is 1.24 bits per heavy atom. The summed E-state index contributed by atoms with van der Waals surface area (Å²) in [5.41, 5.74) is 6.89. The molecule has 0 aliphatic carbocycles. The Hall–Kier alpha value is -2.75. The first-order chi connectivity index (χ1) is 18.1.